The van der Waals surface area contributed by atoms with Crippen LogP contribution in [0.1, 0.15) is 37.7 Å². The van der Waals surface area contributed by atoms with E-state index in [1.165, 1.54) is 37.8 Å². The van der Waals surface area contributed by atoms with Crippen LogP contribution >= 0.6 is 12.2 Å². The van der Waals surface area contributed by atoms with Crippen LogP contribution in [0.3, 0.4) is 0 Å². The molecule has 3 N–H and O–H groups in total. The van der Waals surface area contributed by atoms with Gasteiger partial charge in [0.15, 0.2) is 0 Å². The number of halogens is 2. The first kappa shape index (κ1) is 14.2. The molecule has 1 saturated carbocycles. The average molecular weight is 284 g/mol. The highest BCUT2D eigenvalue weighted by Crippen LogP contribution is 2.28. The first-order chi connectivity index (χ1) is 9.08. The Labute approximate surface area is 117 Å². The van der Waals surface area contributed by atoms with Gasteiger partial charge in [0.25, 0.3) is 0 Å². The Hall–Kier alpha value is -1.23. The predicted molar refractivity (Wildman–Crippen MR) is 77.3 cm³/mol. The number of benzene rings is 1. The number of nitrogens with one attached hydrogen (secondary N) is 1. The van der Waals surface area contributed by atoms with Gasteiger partial charge in [-0.2, -0.15) is 0 Å². The van der Waals surface area contributed by atoms with E-state index in [1.54, 1.807) is 0 Å². The van der Waals surface area contributed by atoms with E-state index in [-0.39, 0.29) is 16.2 Å². The fourth-order valence-corrected chi connectivity index (χ4v) is 2.70. The molecule has 0 atom stereocenters. The van der Waals surface area contributed by atoms with Crippen molar-refractivity contribution in [3.8, 4) is 0 Å². The maximum Gasteiger partial charge on any atom is 0.150 e. The summed E-state index contributed by atoms with van der Waals surface area (Å²) in [6.07, 6.45) is 5.96. The van der Waals surface area contributed by atoms with Crippen LogP contribution < -0.4 is 11.1 Å². The molecule has 0 amide bonds. The van der Waals surface area contributed by atoms with Crippen LogP contribution in [0.2, 0.25) is 0 Å². The van der Waals surface area contributed by atoms with Gasteiger partial charge < -0.3 is 11.1 Å². The lowest BCUT2D eigenvalue weighted by atomic mass is 10.0. The minimum absolute atomic E-state index is 0.00435. The molecule has 0 saturated heterocycles. The van der Waals surface area contributed by atoms with E-state index in [2.05, 4.69) is 5.32 Å². The minimum atomic E-state index is -0.644. The Kier molecular flexibility index (Phi) is 4.69. The van der Waals surface area contributed by atoms with Gasteiger partial charge in [0.1, 0.15) is 22.3 Å². The van der Waals surface area contributed by atoms with E-state index in [1.807, 2.05) is 0 Å². The van der Waals surface area contributed by atoms with E-state index < -0.39 is 11.6 Å². The van der Waals surface area contributed by atoms with E-state index >= 15 is 0 Å². The molecule has 0 aliphatic heterocycles. The van der Waals surface area contributed by atoms with Gasteiger partial charge in [-0.3, -0.25) is 0 Å². The summed E-state index contributed by atoms with van der Waals surface area (Å²) < 4.78 is 27.5. The summed E-state index contributed by atoms with van der Waals surface area (Å²) in [4.78, 5) is -0.00435. The SMILES string of the molecule is NC(=S)c1cc(F)c(NCCC2CCCC2)c(F)c1. The van der Waals surface area contributed by atoms with E-state index in [4.69, 9.17) is 18.0 Å². The van der Waals surface area contributed by atoms with E-state index in [0.717, 1.165) is 6.42 Å². The number of thiocarbonyl (C=S) groups is 1. The molecule has 0 unspecified atom stereocenters. The van der Waals surface area contributed by atoms with Crippen molar-refractivity contribution in [2.24, 2.45) is 11.7 Å². The number of rotatable bonds is 5. The molecule has 0 radical (unpaired) electrons. The Morgan fingerprint density at radius 1 is 1.26 bits per heavy atom. The molecule has 0 aromatic heterocycles. The zero-order valence-corrected chi connectivity index (χ0v) is 11.5. The third kappa shape index (κ3) is 3.62. The average Bonchev–Trinajstić information content (AvgIpc) is 2.85. The summed E-state index contributed by atoms with van der Waals surface area (Å²) in [7, 11) is 0. The number of hydrogen-bond acceptors (Lipinski definition) is 2. The first-order valence-electron chi connectivity index (χ1n) is 6.60. The molecule has 104 valence electrons. The number of anilines is 1. The molecular weight excluding hydrogens is 266 g/mol. The number of hydrogen-bond donors (Lipinski definition) is 2. The molecule has 1 aliphatic rings. The smallest absolute Gasteiger partial charge is 0.150 e. The lowest BCUT2D eigenvalue weighted by Crippen LogP contribution is -2.13. The summed E-state index contributed by atoms with van der Waals surface area (Å²) in [6.45, 7) is 0.588. The molecule has 1 aromatic carbocycles. The highest BCUT2D eigenvalue weighted by molar-refractivity contribution is 7.80. The lowest BCUT2D eigenvalue weighted by Gasteiger charge is -2.13. The van der Waals surface area contributed by atoms with Gasteiger partial charge in [-0.15, -0.1) is 0 Å². The van der Waals surface area contributed by atoms with Crippen LogP contribution in [0.5, 0.6) is 0 Å². The molecule has 1 aromatic rings. The van der Waals surface area contributed by atoms with Crippen molar-refractivity contribution in [2.45, 2.75) is 32.1 Å². The van der Waals surface area contributed by atoms with Crippen molar-refractivity contribution in [2.75, 3.05) is 11.9 Å². The van der Waals surface area contributed by atoms with Gasteiger partial charge in [-0.25, -0.2) is 8.78 Å². The third-order valence-corrected chi connectivity index (χ3v) is 3.89. The Balaban J connectivity index is 1.97. The van der Waals surface area contributed by atoms with Crippen LogP contribution in [-0.4, -0.2) is 11.5 Å². The Morgan fingerprint density at radius 3 is 2.37 bits per heavy atom. The van der Waals surface area contributed by atoms with Crippen molar-refractivity contribution in [1.29, 1.82) is 0 Å². The number of nitrogens with two attached hydrogens (primary N) is 1. The maximum absolute atomic E-state index is 13.8. The maximum atomic E-state index is 13.8. The highest BCUT2D eigenvalue weighted by atomic mass is 32.1. The highest BCUT2D eigenvalue weighted by Gasteiger charge is 2.16. The van der Waals surface area contributed by atoms with Crippen molar-refractivity contribution in [1.82, 2.24) is 0 Å². The summed E-state index contributed by atoms with van der Waals surface area (Å²) in [5.74, 6) is -0.599. The van der Waals surface area contributed by atoms with Crippen molar-refractivity contribution < 1.29 is 8.78 Å². The molecule has 19 heavy (non-hydrogen) atoms. The van der Waals surface area contributed by atoms with Gasteiger partial charge in [0.2, 0.25) is 0 Å². The molecule has 1 fully saturated rings. The van der Waals surface area contributed by atoms with Gasteiger partial charge >= 0.3 is 0 Å². The molecule has 0 bridgehead atoms. The Morgan fingerprint density at radius 2 is 1.84 bits per heavy atom. The van der Waals surface area contributed by atoms with Gasteiger partial charge in [0, 0.05) is 12.1 Å². The molecule has 5 heteroatoms. The summed E-state index contributed by atoms with van der Waals surface area (Å²) >= 11 is 4.71. The van der Waals surface area contributed by atoms with Crippen LogP contribution in [0.4, 0.5) is 14.5 Å². The molecule has 2 nitrogen and oxygen atoms in total. The summed E-state index contributed by atoms with van der Waals surface area (Å²) in [5, 5.41) is 2.84. The zero-order valence-electron chi connectivity index (χ0n) is 10.7. The molecular formula is C14H18F2N2S. The quantitative estimate of drug-likeness (QED) is 0.811. The van der Waals surface area contributed by atoms with Gasteiger partial charge in [0.05, 0.1) is 0 Å². The summed E-state index contributed by atoms with van der Waals surface area (Å²) in [5.41, 5.74) is 5.49. The van der Waals surface area contributed by atoms with Crippen molar-refractivity contribution in [3.63, 3.8) is 0 Å². The lowest BCUT2D eigenvalue weighted by molar-refractivity contribution is 0.515. The van der Waals surface area contributed by atoms with E-state index in [9.17, 15) is 8.78 Å². The fourth-order valence-electron chi connectivity index (χ4n) is 2.58. The molecule has 0 heterocycles. The zero-order chi connectivity index (χ0) is 13.8. The first-order valence-corrected chi connectivity index (χ1v) is 7.01. The standard InChI is InChI=1S/C14H18F2N2S/c15-11-7-10(14(17)19)8-12(16)13(11)18-6-5-9-3-1-2-4-9/h7-9,18H,1-6H2,(H2,17,19). The molecule has 0 spiro atoms. The monoisotopic (exact) mass is 284 g/mol. The topological polar surface area (TPSA) is 38.0 Å². The van der Waals surface area contributed by atoms with Gasteiger partial charge in [-0.05, 0) is 24.5 Å². The van der Waals surface area contributed by atoms with E-state index in [0.29, 0.717) is 12.5 Å². The second-order valence-electron chi connectivity index (χ2n) is 5.05. The third-order valence-electron chi connectivity index (χ3n) is 3.66. The second-order valence-corrected chi connectivity index (χ2v) is 5.48. The predicted octanol–water partition coefficient (Wildman–Crippen LogP) is 3.59. The van der Waals surface area contributed by atoms with Crippen LogP contribution in [0, 0.1) is 17.6 Å². The largest absolute Gasteiger partial charge is 0.389 e. The molecule has 1 aliphatic carbocycles. The minimum Gasteiger partial charge on any atom is -0.389 e. The van der Waals surface area contributed by atoms with Crippen molar-refractivity contribution >= 4 is 22.9 Å². The fraction of sp³-hybridized carbons (Fsp3) is 0.500. The normalized spacial score (nSPS) is 15.7. The Bertz CT molecular complexity index is 448. The van der Waals surface area contributed by atoms with Gasteiger partial charge in [-0.1, -0.05) is 37.9 Å². The van der Waals surface area contributed by atoms with Crippen LogP contribution in [-0.2, 0) is 0 Å². The summed E-state index contributed by atoms with van der Waals surface area (Å²) in [6, 6.07) is 2.34. The van der Waals surface area contributed by atoms with Crippen molar-refractivity contribution in [3.05, 3.63) is 29.3 Å². The molecule has 2 rings (SSSR count). The van der Waals surface area contributed by atoms with Crippen LogP contribution in [0.15, 0.2) is 12.1 Å². The van der Waals surface area contributed by atoms with Crippen LogP contribution in [0.25, 0.3) is 0 Å². The second kappa shape index (κ2) is 6.28.